The lowest BCUT2D eigenvalue weighted by Gasteiger charge is -2.03. The van der Waals surface area contributed by atoms with Crippen LogP contribution in [0.4, 0.5) is 4.39 Å². The minimum Gasteiger partial charge on any atom is -0.392 e. The fourth-order valence-electron chi connectivity index (χ4n) is 2.41. The van der Waals surface area contributed by atoms with E-state index in [0.29, 0.717) is 0 Å². The third kappa shape index (κ3) is 2.08. The molecule has 3 aromatic rings. The monoisotopic (exact) mass is 270 g/mol. The lowest BCUT2D eigenvalue weighted by Crippen LogP contribution is -1.93. The molecule has 0 radical (unpaired) electrons. The smallest absolute Gasteiger partial charge is 0.138 e. The van der Waals surface area contributed by atoms with Gasteiger partial charge >= 0.3 is 0 Å². The van der Waals surface area contributed by atoms with Crippen LogP contribution in [0.2, 0.25) is 0 Å². The summed E-state index contributed by atoms with van der Waals surface area (Å²) in [6.07, 6.45) is 2.74. The normalized spacial score (nSPS) is 11.2. The number of aromatic nitrogens is 2. The van der Waals surface area contributed by atoms with Crippen LogP contribution in [-0.4, -0.2) is 14.5 Å². The summed E-state index contributed by atoms with van der Waals surface area (Å²) in [5.74, 6) is -0.252. The Morgan fingerprint density at radius 2 is 1.95 bits per heavy atom. The molecule has 0 aliphatic heterocycles. The van der Waals surface area contributed by atoms with Crippen LogP contribution in [0.25, 0.3) is 16.9 Å². The summed E-state index contributed by atoms with van der Waals surface area (Å²) in [5, 5.41) is 9.20. The maximum atomic E-state index is 13.0. The SMILES string of the molecule is CCc1c(-c2ccc(F)cc2)nc2cc(CO)ccn12. The van der Waals surface area contributed by atoms with Gasteiger partial charge in [0.15, 0.2) is 0 Å². The van der Waals surface area contributed by atoms with E-state index in [2.05, 4.69) is 11.9 Å². The standard InChI is InChI=1S/C16H15FN2O/c1-2-14-16(12-3-5-13(17)6-4-12)18-15-9-11(10-20)7-8-19(14)15/h3-9,20H,2,10H2,1H3. The molecule has 0 aliphatic rings. The third-order valence-corrected chi connectivity index (χ3v) is 3.42. The van der Waals surface area contributed by atoms with E-state index in [4.69, 9.17) is 0 Å². The highest BCUT2D eigenvalue weighted by molar-refractivity contribution is 5.66. The average molecular weight is 270 g/mol. The Labute approximate surface area is 116 Å². The van der Waals surface area contributed by atoms with Gasteiger partial charge in [0.25, 0.3) is 0 Å². The Balaban J connectivity index is 2.21. The molecular formula is C16H15FN2O. The highest BCUT2D eigenvalue weighted by atomic mass is 19.1. The van der Waals surface area contributed by atoms with Gasteiger partial charge < -0.3 is 9.51 Å². The first-order chi connectivity index (χ1) is 9.72. The van der Waals surface area contributed by atoms with Gasteiger partial charge in [-0.15, -0.1) is 0 Å². The fourth-order valence-corrected chi connectivity index (χ4v) is 2.41. The van der Waals surface area contributed by atoms with Crippen LogP contribution >= 0.6 is 0 Å². The van der Waals surface area contributed by atoms with Crippen molar-refractivity contribution in [2.45, 2.75) is 20.0 Å². The predicted octanol–water partition coefficient (Wildman–Crippen LogP) is 3.20. The van der Waals surface area contributed by atoms with Crippen molar-refractivity contribution < 1.29 is 9.50 Å². The number of hydrogen-bond acceptors (Lipinski definition) is 2. The second kappa shape index (κ2) is 5.06. The van der Waals surface area contributed by atoms with Gasteiger partial charge in [0.1, 0.15) is 11.5 Å². The van der Waals surface area contributed by atoms with E-state index < -0.39 is 0 Å². The second-order valence-electron chi connectivity index (χ2n) is 4.69. The quantitative estimate of drug-likeness (QED) is 0.793. The molecule has 2 aromatic heterocycles. The first kappa shape index (κ1) is 12.8. The number of benzene rings is 1. The molecular weight excluding hydrogens is 255 g/mol. The van der Waals surface area contributed by atoms with E-state index in [0.717, 1.165) is 34.6 Å². The molecule has 0 amide bonds. The summed E-state index contributed by atoms with van der Waals surface area (Å²) >= 11 is 0. The number of fused-ring (bicyclic) bond motifs is 1. The predicted molar refractivity (Wildman–Crippen MR) is 75.9 cm³/mol. The molecule has 0 saturated heterocycles. The minimum absolute atomic E-state index is 0.00327. The van der Waals surface area contributed by atoms with Gasteiger partial charge in [-0.25, -0.2) is 9.37 Å². The van der Waals surface area contributed by atoms with Crippen LogP contribution in [0.15, 0.2) is 42.6 Å². The number of halogens is 1. The highest BCUT2D eigenvalue weighted by Gasteiger charge is 2.12. The summed E-state index contributed by atoms with van der Waals surface area (Å²) in [4.78, 5) is 4.62. The van der Waals surface area contributed by atoms with Crippen molar-refractivity contribution in [3.05, 3.63) is 59.7 Å². The molecule has 3 nitrogen and oxygen atoms in total. The molecule has 0 fully saturated rings. The molecule has 0 spiro atoms. The Morgan fingerprint density at radius 1 is 1.20 bits per heavy atom. The van der Waals surface area contributed by atoms with Crippen molar-refractivity contribution in [1.82, 2.24) is 9.38 Å². The number of rotatable bonds is 3. The number of pyridine rings is 1. The minimum atomic E-state index is -0.252. The van der Waals surface area contributed by atoms with Crippen molar-refractivity contribution in [2.75, 3.05) is 0 Å². The Hall–Kier alpha value is -2.20. The lowest BCUT2D eigenvalue weighted by molar-refractivity contribution is 0.282. The van der Waals surface area contributed by atoms with Crippen molar-refractivity contribution >= 4 is 5.65 Å². The number of aryl methyl sites for hydroxylation is 1. The number of hydrogen-bond donors (Lipinski definition) is 1. The molecule has 0 unspecified atom stereocenters. The zero-order valence-electron chi connectivity index (χ0n) is 11.2. The largest absolute Gasteiger partial charge is 0.392 e. The summed E-state index contributed by atoms with van der Waals surface area (Å²) in [7, 11) is 0. The van der Waals surface area contributed by atoms with Crippen molar-refractivity contribution in [2.24, 2.45) is 0 Å². The first-order valence-corrected chi connectivity index (χ1v) is 6.59. The molecule has 102 valence electrons. The van der Waals surface area contributed by atoms with Crippen molar-refractivity contribution in [3.8, 4) is 11.3 Å². The Kier molecular flexibility index (Phi) is 3.24. The number of aliphatic hydroxyl groups is 1. The maximum Gasteiger partial charge on any atom is 0.138 e. The molecule has 1 N–H and O–H groups in total. The molecule has 3 rings (SSSR count). The molecule has 0 atom stereocenters. The molecule has 4 heteroatoms. The number of nitrogens with zero attached hydrogens (tertiary/aromatic N) is 2. The van der Waals surface area contributed by atoms with Crippen LogP contribution in [0.1, 0.15) is 18.2 Å². The van der Waals surface area contributed by atoms with Gasteiger partial charge in [-0.1, -0.05) is 6.92 Å². The van der Waals surface area contributed by atoms with Crippen LogP contribution in [0, 0.1) is 5.82 Å². The lowest BCUT2D eigenvalue weighted by atomic mass is 10.1. The van der Waals surface area contributed by atoms with E-state index in [9.17, 15) is 9.50 Å². The van der Waals surface area contributed by atoms with Gasteiger partial charge in [-0.2, -0.15) is 0 Å². The summed E-state index contributed by atoms with van der Waals surface area (Å²) in [6, 6.07) is 10.1. The molecule has 20 heavy (non-hydrogen) atoms. The van der Waals surface area contributed by atoms with Gasteiger partial charge in [-0.3, -0.25) is 0 Å². The van der Waals surface area contributed by atoms with Gasteiger partial charge in [0.2, 0.25) is 0 Å². The maximum absolute atomic E-state index is 13.0. The second-order valence-corrected chi connectivity index (χ2v) is 4.69. The highest BCUT2D eigenvalue weighted by Crippen LogP contribution is 2.25. The summed E-state index contributed by atoms with van der Waals surface area (Å²) in [5.41, 5.74) is 4.47. The van der Waals surface area contributed by atoms with Crippen LogP contribution in [0.5, 0.6) is 0 Å². The first-order valence-electron chi connectivity index (χ1n) is 6.59. The summed E-state index contributed by atoms with van der Waals surface area (Å²) in [6.45, 7) is 2.06. The molecule has 1 aromatic carbocycles. The van der Waals surface area contributed by atoms with Gasteiger partial charge in [0.05, 0.1) is 18.0 Å². The van der Waals surface area contributed by atoms with Crippen LogP contribution in [-0.2, 0) is 13.0 Å². The van der Waals surface area contributed by atoms with E-state index in [-0.39, 0.29) is 12.4 Å². The molecule has 2 heterocycles. The zero-order valence-corrected chi connectivity index (χ0v) is 11.2. The fraction of sp³-hybridized carbons (Fsp3) is 0.188. The number of aliphatic hydroxyl groups excluding tert-OH is 1. The van der Waals surface area contributed by atoms with Gasteiger partial charge in [0, 0.05) is 11.8 Å². The number of imidazole rings is 1. The molecule has 0 aliphatic carbocycles. The van der Waals surface area contributed by atoms with Gasteiger partial charge in [-0.05, 0) is 48.4 Å². The van der Waals surface area contributed by atoms with E-state index in [1.54, 1.807) is 12.1 Å². The Bertz CT molecular complexity index is 747. The topological polar surface area (TPSA) is 37.5 Å². The average Bonchev–Trinajstić information content (AvgIpc) is 2.85. The van der Waals surface area contributed by atoms with Crippen molar-refractivity contribution in [1.29, 1.82) is 0 Å². The molecule has 0 bridgehead atoms. The Morgan fingerprint density at radius 3 is 2.60 bits per heavy atom. The van der Waals surface area contributed by atoms with Crippen LogP contribution in [0.3, 0.4) is 0 Å². The zero-order chi connectivity index (χ0) is 14.1. The van der Waals surface area contributed by atoms with Crippen LogP contribution < -0.4 is 0 Å². The van der Waals surface area contributed by atoms with Crippen molar-refractivity contribution in [3.63, 3.8) is 0 Å². The van der Waals surface area contributed by atoms with E-state index in [1.165, 1.54) is 12.1 Å². The van der Waals surface area contributed by atoms with E-state index >= 15 is 0 Å². The summed E-state index contributed by atoms with van der Waals surface area (Å²) < 4.78 is 15.0. The third-order valence-electron chi connectivity index (χ3n) is 3.42. The van der Waals surface area contributed by atoms with E-state index in [1.807, 2.05) is 22.7 Å². The molecule has 0 saturated carbocycles.